The summed E-state index contributed by atoms with van der Waals surface area (Å²) in [6.07, 6.45) is 0. The van der Waals surface area contributed by atoms with Crippen molar-refractivity contribution in [1.29, 1.82) is 0 Å². The van der Waals surface area contributed by atoms with Crippen LogP contribution in [0.4, 0.5) is 0 Å². The predicted octanol–water partition coefficient (Wildman–Crippen LogP) is -0.901. The van der Waals surface area contributed by atoms with Gasteiger partial charge < -0.3 is 16.0 Å². The van der Waals surface area contributed by atoms with E-state index < -0.39 is 5.91 Å². The monoisotopic (exact) mass is 295 g/mol. The standard InChI is InChI=1S/C13H21N5O3/c1-8(2)16-12(20)7-14-11(19)6-15-13(21)10-5-9(3)17-18(10)4/h5,8H,6-7H2,1-4H3,(H,14,19)(H,15,21)(H,16,20). The molecule has 21 heavy (non-hydrogen) atoms. The van der Waals surface area contributed by atoms with Crippen LogP contribution < -0.4 is 16.0 Å². The van der Waals surface area contributed by atoms with Gasteiger partial charge >= 0.3 is 0 Å². The molecule has 0 aromatic carbocycles. The molecule has 116 valence electrons. The second-order valence-corrected chi connectivity index (χ2v) is 4.98. The molecule has 8 heteroatoms. The summed E-state index contributed by atoms with van der Waals surface area (Å²) in [6.45, 7) is 5.12. The van der Waals surface area contributed by atoms with Gasteiger partial charge in [-0.2, -0.15) is 5.10 Å². The zero-order valence-corrected chi connectivity index (χ0v) is 12.7. The van der Waals surface area contributed by atoms with Gasteiger partial charge in [-0.25, -0.2) is 0 Å². The van der Waals surface area contributed by atoms with Crippen molar-refractivity contribution in [3.05, 3.63) is 17.5 Å². The molecule has 3 amide bonds. The first-order valence-corrected chi connectivity index (χ1v) is 6.64. The van der Waals surface area contributed by atoms with Crippen LogP contribution in [0.15, 0.2) is 6.07 Å². The van der Waals surface area contributed by atoms with Crippen molar-refractivity contribution in [2.45, 2.75) is 26.8 Å². The van der Waals surface area contributed by atoms with Crippen molar-refractivity contribution in [2.75, 3.05) is 13.1 Å². The van der Waals surface area contributed by atoms with Crippen molar-refractivity contribution in [1.82, 2.24) is 25.7 Å². The number of nitrogens with zero attached hydrogens (tertiary/aromatic N) is 2. The molecule has 0 saturated heterocycles. The van der Waals surface area contributed by atoms with E-state index in [4.69, 9.17) is 0 Å². The molecule has 0 atom stereocenters. The summed E-state index contributed by atoms with van der Waals surface area (Å²) in [5.74, 6) is -1.09. The van der Waals surface area contributed by atoms with E-state index in [1.54, 1.807) is 20.0 Å². The highest BCUT2D eigenvalue weighted by Crippen LogP contribution is 2.00. The number of carbonyl (C=O) groups is 3. The zero-order chi connectivity index (χ0) is 16.0. The second-order valence-electron chi connectivity index (χ2n) is 4.98. The number of nitrogens with one attached hydrogen (secondary N) is 3. The van der Waals surface area contributed by atoms with Crippen molar-refractivity contribution >= 4 is 17.7 Å². The van der Waals surface area contributed by atoms with E-state index in [1.807, 2.05) is 13.8 Å². The molecule has 0 aliphatic heterocycles. The molecular formula is C13H21N5O3. The third-order valence-corrected chi connectivity index (χ3v) is 2.54. The first-order valence-electron chi connectivity index (χ1n) is 6.64. The lowest BCUT2D eigenvalue weighted by atomic mass is 10.3. The molecule has 0 fully saturated rings. The van der Waals surface area contributed by atoms with E-state index in [9.17, 15) is 14.4 Å². The fraction of sp³-hybridized carbons (Fsp3) is 0.538. The van der Waals surface area contributed by atoms with Gasteiger partial charge in [-0.1, -0.05) is 0 Å². The Labute approximate surface area is 123 Å². The highest BCUT2D eigenvalue weighted by atomic mass is 16.2. The first kappa shape index (κ1) is 16.7. The number of amides is 3. The Hall–Kier alpha value is -2.38. The normalized spacial score (nSPS) is 10.3. The fourth-order valence-electron chi connectivity index (χ4n) is 1.69. The summed E-state index contributed by atoms with van der Waals surface area (Å²) in [5.41, 5.74) is 1.09. The smallest absolute Gasteiger partial charge is 0.269 e. The number of rotatable bonds is 6. The number of aryl methyl sites for hydroxylation is 2. The van der Waals surface area contributed by atoms with Gasteiger partial charge in [-0.3, -0.25) is 19.1 Å². The number of carbonyl (C=O) groups excluding carboxylic acids is 3. The fourth-order valence-corrected chi connectivity index (χ4v) is 1.69. The molecule has 0 radical (unpaired) electrons. The summed E-state index contributed by atoms with van der Waals surface area (Å²) in [7, 11) is 1.65. The van der Waals surface area contributed by atoms with Crippen molar-refractivity contribution in [3.63, 3.8) is 0 Å². The van der Waals surface area contributed by atoms with Gasteiger partial charge in [-0.05, 0) is 26.8 Å². The van der Waals surface area contributed by atoms with E-state index in [2.05, 4.69) is 21.0 Å². The number of aromatic nitrogens is 2. The van der Waals surface area contributed by atoms with E-state index in [-0.39, 0.29) is 30.9 Å². The zero-order valence-electron chi connectivity index (χ0n) is 12.7. The maximum atomic E-state index is 11.8. The highest BCUT2D eigenvalue weighted by molar-refractivity contribution is 5.95. The molecular weight excluding hydrogens is 274 g/mol. The molecule has 1 aromatic heterocycles. The minimum absolute atomic E-state index is 0.0159. The molecule has 1 heterocycles. The van der Waals surface area contributed by atoms with Crippen LogP contribution in [0.3, 0.4) is 0 Å². The van der Waals surface area contributed by atoms with Crippen LogP contribution in [-0.4, -0.2) is 46.6 Å². The molecule has 0 bridgehead atoms. The third kappa shape index (κ3) is 5.64. The number of hydrogen-bond acceptors (Lipinski definition) is 4. The van der Waals surface area contributed by atoms with Gasteiger partial charge in [0.25, 0.3) is 5.91 Å². The van der Waals surface area contributed by atoms with Crippen molar-refractivity contribution in [3.8, 4) is 0 Å². The van der Waals surface area contributed by atoms with Gasteiger partial charge in [0.15, 0.2) is 0 Å². The largest absolute Gasteiger partial charge is 0.352 e. The Kier molecular flexibility index (Phi) is 5.89. The maximum absolute atomic E-state index is 11.8. The Morgan fingerprint density at radius 2 is 1.81 bits per heavy atom. The Bertz CT molecular complexity index is 536. The SMILES string of the molecule is Cc1cc(C(=O)NCC(=O)NCC(=O)NC(C)C)n(C)n1. The highest BCUT2D eigenvalue weighted by Gasteiger charge is 2.13. The van der Waals surface area contributed by atoms with Crippen molar-refractivity contribution < 1.29 is 14.4 Å². The Balaban J connectivity index is 2.35. The minimum Gasteiger partial charge on any atom is -0.352 e. The van der Waals surface area contributed by atoms with Crippen molar-refractivity contribution in [2.24, 2.45) is 7.05 Å². The van der Waals surface area contributed by atoms with Crippen LogP contribution in [-0.2, 0) is 16.6 Å². The molecule has 0 spiro atoms. The van der Waals surface area contributed by atoms with Gasteiger partial charge in [0.05, 0.1) is 18.8 Å². The van der Waals surface area contributed by atoms with Crippen LogP contribution in [0.1, 0.15) is 30.0 Å². The molecule has 3 N–H and O–H groups in total. The lowest BCUT2D eigenvalue weighted by Gasteiger charge is -2.09. The average molecular weight is 295 g/mol. The summed E-state index contributed by atoms with van der Waals surface area (Å²) in [6, 6.07) is 1.64. The predicted molar refractivity (Wildman–Crippen MR) is 76.6 cm³/mol. The third-order valence-electron chi connectivity index (χ3n) is 2.54. The topological polar surface area (TPSA) is 105 Å². The van der Waals surface area contributed by atoms with Gasteiger partial charge in [0.2, 0.25) is 11.8 Å². The van der Waals surface area contributed by atoms with Crippen LogP contribution in [0.5, 0.6) is 0 Å². The first-order chi connectivity index (χ1) is 9.79. The lowest BCUT2D eigenvalue weighted by molar-refractivity contribution is -0.125. The maximum Gasteiger partial charge on any atom is 0.269 e. The van der Waals surface area contributed by atoms with Crippen LogP contribution >= 0.6 is 0 Å². The van der Waals surface area contributed by atoms with E-state index in [0.29, 0.717) is 5.69 Å². The van der Waals surface area contributed by atoms with Crippen LogP contribution in [0.25, 0.3) is 0 Å². The lowest BCUT2D eigenvalue weighted by Crippen LogP contribution is -2.43. The Morgan fingerprint density at radius 1 is 1.19 bits per heavy atom. The van der Waals surface area contributed by atoms with Gasteiger partial charge in [0, 0.05) is 13.1 Å². The van der Waals surface area contributed by atoms with E-state index >= 15 is 0 Å². The van der Waals surface area contributed by atoms with Gasteiger partial charge in [-0.15, -0.1) is 0 Å². The molecule has 0 aliphatic carbocycles. The average Bonchev–Trinajstić information content (AvgIpc) is 2.72. The summed E-state index contributed by atoms with van der Waals surface area (Å²) in [4.78, 5) is 34.7. The van der Waals surface area contributed by atoms with E-state index in [0.717, 1.165) is 5.69 Å². The molecule has 0 unspecified atom stereocenters. The number of hydrogen-bond donors (Lipinski definition) is 3. The van der Waals surface area contributed by atoms with Gasteiger partial charge in [0.1, 0.15) is 5.69 Å². The molecule has 0 saturated carbocycles. The van der Waals surface area contributed by atoms with Crippen LogP contribution in [0.2, 0.25) is 0 Å². The minimum atomic E-state index is -0.429. The second kappa shape index (κ2) is 7.41. The molecule has 0 aliphatic rings. The van der Waals surface area contributed by atoms with Crippen LogP contribution in [0, 0.1) is 6.92 Å². The van der Waals surface area contributed by atoms with E-state index in [1.165, 1.54) is 4.68 Å². The molecule has 8 nitrogen and oxygen atoms in total. The molecule has 1 rings (SSSR count). The summed E-state index contributed by atoms with van der Waals surface area (Å²) >= 11 is 0. The quantitative estimate of drug-likeness (QED) is 0.632. The summed E-state index contributed by atoms with van der Waals surface area (Å²) < 4.78 is 1.44. The molecule has 1 aromatic rings. The Morgan fingerprint density at radius 3 is 2.33 bits per heavy atom. The summed E-state index contributed by atoms with van der Waals surface area (Å²) in [5, 5.41) is 11.6.